The first-order valence-corrected chi connectivity index (χ1v) is 6.17. The van der Waals surface area contributed by atoms with Crippen LogP contribution in [-0.2, 0) is 0 Å². The van der Waals surface area contributed by atoms with Gasteiger partial charge in [-0.2, -0.15) is 0 Å². The highest BCUT2D eigenvalue weighted by atomic mass is 16.5. The summed E-state index contributed by atoms with van der Waals surface area (Å²) in [6.07, 6.45) is -0.560. The number of para-hydroxylation sites is 1. The summed E-state index contributed by atoms with van der Waals surface area (Å²) in [7, 11) is 0. The van der Waals surface area contributed by atoms with Crippen LogP contribution in [0, 0.1) is 0 Å². The van der Waals surface area contributed by atoms with Gasteiger partial charge >= 0.3 is 0 Å². The van der Waals surface area contributed by atoms with Crippen LogP contribution in [0.2, 0.25) is 0 Å². The summed E-state index contributed by atoms with van der Waals surface area (Å²) in [6.45, 7) is 3.75. The molecular weight excluding hydrogens is 224 g/mol. The monoisotopic (exact) mass is 242 g/mol. The van der Waals surface area contributed by atoms with E-state index in [0.717, 1.165) is 16.9 Å². The van der Waals surface area contributed by atoms with E-state index in [-0.39, 0.29) is 6.10 Å². The Morgan fingerprint density at radius 3 is 2.17 bits per heavy atom. The molecule has 1 unspecified atom stereocenters. The van der Waals surface area contributed by atoms with Crippen LogP contribution in [0.15, 0.2) is 54.6 Å². The zero-order valence-electron chi connectivity index (χ0n) is 10.7. The first-order valence-electron chi connectivity index (χ1n) is 6.17. The molecule has 0 aliphatic rings. The second kappa shape index (κ2) is 5.69. The van der Waals surface area contributed by atoms with E-state index in [1.54, 1.807) is 6.92 Å². The van der Waals surface area contributed by atoms with E-state index in [0.29, 0.717) is 0 Å². The van der Waals surface area contributed by atoms with E-state index in [4.69, 9.17) is 4.74 Å². The van der Waals surface area contributed by atoms with Gasteiger partial charge < -0.3 is 9.84 Å². The van der Waals surface area contributed by atoms with Crippen molar-refractivity contribution in [3.8, 4) is 5.75 Å². The highest BCUT2D eigenvalue weighted by Gasteiger charge is 2.12. The van der Waals surface area contributed by atoms with E-state index in [1.165, 1.54) is 0 Å². The Bertz CT molecular complexity index is 491. The zero-order chi connectivity index (χ0) is 13.0. The van der Waals surface area contributed by atoms with Gasteiger partial charge in [0.05, 0.1) is 6.10 Å². The van der Waals surface area contributed by atoms with Crippen LogP contribution >= 0.6 is 0 Å². The van der Waals surface area contributed by atoms with Crippen LogP contribution < -0.4 is 4.74 Å². The Balaban J connectivity index is 2.19. The van der Waals surface area contributed by atoms with Gasteiger partial charge in [-0.1, -0.05) is 48.5 Å². The second-order valence-corrected chi connectivity index (χ2v) is 4.38. The predicted molar refractivity (Wildman–Crippen MR) is 72.6 cm³/mol. The van der Waals surface area contributed by atoms with E-state index in [9.17, 15) is 5.11 Å². The molecule has 0 radical (unpaired) electrons. The highest BCUT2D eigenvalue weighted by molar-refractivity contribution is 5.35. The predicted octanol–water partition coefficient (Wildman–Crippen LogP) is 3.88. The van der Waals surface area contributed by atoms with Gasteiger partial charge in [-0.25, -0.2) is 0 Å². The van der Waals surface area contributed by atoms with Gasteiger partial charge in [0.15, 0.2) is 0 Å². The lowest BCUT2D eigenvalue weighted by molar-refractivity contribution is 0.179. The molecular formula is C16H18O2. The van der Waals surface area contributed by atoms with Crippen LogP contribution in [0.25, 0.3) is 0 Å². The van der Waals surface area contributed by atoms with Crippen LogP contribution in [0.3, 0.4) is 0 Å². The first kappa shape index (κ1) is 12.7. The summed E-state index contributed by atoms with van der Waals surface area (Å²) >= 11 is 0. The molecule has 2 heteroatoms. The number of benzene rings is 2. The Morgan fingerprint density at radius 2 is 1.50 bits per heavy atom. The van der Waals surface area contributed by atoms with Gasteiger partial charge in [-0.05, 0) is 25.5 Å². The molecule has 0 fully saturated rings. The van der Waals surface area contributed by atoms with E-state index < -0.39 is 6.10 Å². The van der Waals surface area contributed by atoms with Gasteiger partial charge in [0.2, 0.25) is 0 Å². The van der Waals surface area contributed by atoms with Crippen LogP contribution in [0.5, 0.6) is 5.75 Å². The summed E-state index contributed by atoms with van der Waals surface area (Å²) in [5.74, 6) is 0.740. The van der Waals surface area contributed by atoms with Gasteiger partial charge in [0, 0.05) is 5.56 Å². The molecule has 0 amide bonds. The summed E-state index contributed by atoms with van der Waals surface area (Å²) in [5, 5.41) is 9.71. The topological polar surface area (TPSA) is 29.5 Å². The fourth-order valence-electron chi connectivity index (χ4n) is 1.92. The molecule has 94 valence electrons. The number of aliphatic hydroxyl groups excluding tert-OH is 1. The SMILES string of the molecule is CC(Oc1ccccc1[C@H](C)O)c1ccccc1. The van der Waals surface area contributed by atoms with E-state index in [1.807, 2.05) is 61.5 Å². The average Bonchev–Trinajstić information content (AvgIpc) is 2.40. The second-order valence-electron chi connectivity index (χ2n) is 4.38. The number of aliphatic hydroxyl groups is 1. The van der Waals surface area contributed by atoms with Crippen LogP contribution in [-0.4, -0.2) is 5.11 Å². The summed E-state index contributed by atoms with van der Waals surface area (Å²) in [4.78, 5) is 0. The molecule has 0 heterocycles. The summed E-state index contributed by atoms with van der Waals surface area (Å²) < 4.78 is 5.93. The number of hydrogen-bond acceptors (Lipinski definition) is 2. The van der Waals surface area contributed by atoms with Crippen LogP contribution in [0.1, 0.15) is 37.2 Å². The molecule has 2 aromatic rings. The third kappa shape index (κ3) is 2.90. The third-order valence-electron chi connectivity index (χ3n) is 2.94. The Morgan fingerprint density at radius 1 is 0.889 bits per heavy atom. The molecule has 0 aliphatic heterocycles. The Hall–Kier alpha value is -1.80. The minimum absolute atomic E-state index is 0.0360. The largest absolute Gasteiger partial charge is 0.486 e. The smallest absolute Gasteiger partial charge is 0.126 e. The fourth-order valence-corrected chi connectivity index (χ4v) is 1.92. The number of rotatable bonds is 4. The molecule has 0 saturated carbocycles. The van der Waals surface area contributed by atoms with Crippen molar-refractivity contribution in [2.24, 2.45) is 0 Å². The van der Waals surface area contributed by atoms with E-state index in [2.05, 4.69) is 0 Å². The van der Waals surface area contributed by atoms with Crippen LogP contribution in [0.4, 0.5) is 0 Å². The highest BCUT2D eigenvalue weighted by Crippen LogP contribution is 2.28. The lowest BCUT2D eigenvalue weighted by Gasteiger charge is -2.18. The maximum atomic E-state index is 9.71. The maximum absolute atomic E-state index is 9.71. The van der Waals surface area contributed by atoms with Crippen molar-refractivity contribution in [1.82, 2.24) is 0 Å². The average molecular weight is 242 g/mol. The molecule has 2 atom stereocenters. The standard InChI is InChI=1S/C16H18O2/c1-12(17)15-10-6-7-11-16(15)18-13(2)14-8-4-3-5-9-14/h3-13,17H,1-2H3/t12-,13?/m0/s1. The van der Waals surface area contributed by atoms with Crippen molar-refractivity contribution in [2.45, 2.75) is 26.1 Å². The first-order chi connectivity index (χ1) is 8.68. The lowest BCUT2D eigenvalue weighted by Crippen LogP contribution is -2.05. The van der Waals surface area contributed by atoms with Crippen molar-refractivity contribution in [2.75, 3.05) is 0 Å². The molecule has 0 aromatic heterocycles. The number of ether oxygens (including phenoxy) is 1. The van der Waals surface area contributed by atoms with Gasteiger partial charge in [0.25, 0.3) is 0 Å². The molecule has 2 aromatic carbocycles. The summed E-state index contributed by atoms with van der Waals surface area (Å²) in [6, 6.07) is 17.6. The van der Waals surface area contributed by atoms with Crippen molar-refractivity contribution in [3.63, 3.8) is 0 Å². The van der Waals surface area contributed by atoms with Gasteiger partial charge in [-0.15, -0.1) is 0 Å². The Labute approximate surface area is 108 Å². The van der Waals surface area contributed by atoms with E-state index >= 15 is 0 Å². The molecule has 2 rings (SSSR count). The van der Waals surface area contributed by atoms with Crippen molar-refractivity contribution >= 4 is 0 Å². The molecule has 2 nitrogen and oxygen atoms in total. The molecule has 1 N–H and O–H groups in total. The Kier molecular flexibility index (Phi) is 4.00. The third-order valence-corrected chi connectivity index (χ3v) is 2.94. The minimum Gasteiger partial charge on any atom is -0.486 e. The van der Waals surface area contributed by atoms with Crippen molar-refractivity contribution in [3.05, 3.63) is 65.7 Å². The molecule has 0 saturated heterocycles. The maximum Gasteiger partial charge on any atom is 0.126 e. The number of hydrogen-bond donors (Lipinski definition) is 1. The minimum atomic E-state index is -0.524. The zero-order valence-corrected chi connectivity index (χ0v) is 10.7. The fraction of sp³-hybridized carbons (Fsp3) is 0.250. The van der Waals surface area contributed by atoms with Crippen molar-refractivity contribution in [1.29, 1.82) is 0 Å². The molecule has 0 spiro atoms. The molecule has 0 aliphatic carbocycles. The van der Waals surface area contributed by atoms with Gasteiger partial charge in [-0.3, -0.25) is 0 Å². The molecule has 18 heavy (non-hydrogen) atoms. The lowest BCUT2D eigenvalue weighted by atomic mass is 10.1. The van der Waals surface area contributed by atoms with Gasteiger partial charge in [0.1, 0.15) is 11.9 Å². The normalized spacial score (nSPS) is 13.9. The quantitative estimate of drug-likeness (QED) is 0.881. The molecule has 0 bridgehead atoms. The summed E-state index contributed by atoms with van der Waals surface area (Å²) in [5.41, 5.74) is 1.94. The van der Waals surface area contributed by atoms with Crippen molar-refractivity contribution < 1.29 is 9.84 Å².